The molecule has 0 saturated heterocycles. The number of hydrogen-bond donors (Lipinski definition) is 1. The minimum Gasteiger partial charge on any atom is -0.480 e. The van der Waals surface area contributed by atoms with Crippen molar-refractivity contribution in [3.8, 4) is 0 Å². The Morgan fingerprint density at radius 3 is 2.42 bits per heavy atom. The van der Waals surface area contributed by atoms with Gasteiger partial charge in [0, 0.05) is 17.8 Å². The highest BCUT2D eigenvalue weighted by molar-refractivity contribution is 6.31. The van der Waals surface area contributed by atoms with E-state index in [4.69, 9.17) is 11.6 Å². The first kappa shape index (κ1) is 13.7. The van der Waals surface area contributed by atoms with Crippen LogP contribution in [0, 0.1) is 13.8 Å². The predicted molar refractivity (Wildman–Crippen MR) is 75.7 cm³/mol. The number of aliphatic carboxylic acids is 1. The highest BCUT2D eigenvalue weighted by atomic mass is 35.5. The lowest BCUT2D eigenvalue weighted by Gasteiger charge is -2.19. The summed E-state index contributed by atoms with van der Waals surface area (Å²) in [4.78, 5) is 11.6. The summed E-state index contributed by atoms with van der Waals surface area (Å²) in [6.45, 7) is 3.72. The summed E-state index contributed by atoms with van der Waals surface area (Å²) in [6, 6.07) is 10.8. The summed E-state index contributed by atoms with van der Waals surface area (Å²) in [7, 11) is 0. The fourth-order valence-corrected chi connectivity index (χ4v) is 2.59. The first-order valence-corrected chi connectivity index (χ1v) is 6.49. The topological polar surface area (TPSA) is 42.2 Å². The van der Waals surface area contributed by atoms with Crippen LogP contribution in [0.1, 0.15) is 23.0 Å². The molecule has 0 spiro atoms. The number of nitrogens with zero attached hydrogens (tertiary/aromatic N) is 1. The third kappa shape index (κ3) is 2.82. The quantitative estimate of drug-likeness (QED) is 0.927. The van der Waals surface area contributed by atoms with Gasteiger partial charge in [0.2, 0.25) is 0 Å². The number of benzene rings is 1. The van der Waals surface area contributed by atoms with Gasteiger partial charge in [0.25, 0.3) is 0 Å². The van der Waals surface area contributed by atoms with Gasteiger partial charge in [-0.25, -0.2) is 4.79 Å². The minimum atomic E-state index is -0.845. The van der Waals surface area contributed by atoms with Crippen LogP contribution in [-0.4, -0.2) is 15.6 Å². The van der Waals surface area contributed by atoms with Crippen LogP contribution in [0.3, 0.4) is 0 Å². The van der Waals surface area contributed by atoms with Crippen molar-refractivity contribution >= 4 is 17.6 Å². The molecule has 2 rings (SSSR count). The van der Waals surface area contributed by atoms with Gasteiger partial charge in [0.05, 0.1) is 5.02 Å². The number of hydrogen-bond acceptors (Lipinski definition) is 1. The number of aromatic nitrogens is 1. The van der Waals surface area contributed by atoms with E-state index in [2.05, 4.69) is 0 Å². The summed E-state index contributed by atoms with van der Waals surface area (Å²) >= 11 is 6.07. The van der Waals surface area contributed by atoms with Gasteiger partial charge >= 0.3 is 5.97 Å². The molecule has 2 aromatic rings. The number of aryl methyl sites for hydroxylation is 1. The Morgan fingerprint density at radius 1 is 1.32 bits per heavy atom. The van der Waals surface area contributed by atoms with E-state index in [-0.39, 0.29) is 0 Å². The van der Waals surface area contributed by atoms with Crippen LogP contribution >= 0.6 is 11.6 Å². The van der Waals surface area contributed by atoms with E-state index in [0.29, 0.717) is 11.4 Å². The predicted octanol–water partition coefficient (Wildman–Crippen LogP) is 3.63. The van der Waals surface area contributed by atoms with Crippen LogP contribution in [0.2, 0.25) is 5.02 Å². The molecule has 1 unspecified atom stereocenters. The number of carboxylic acid groups (broad SMARTS) is 1. The van der Waals surface area contributed by atoms with Crippen LogP contribution in [0.4, 0.5) is 0 Å². The monoisotopic (exact) mass is 277 g/mol. The highest BCUT2D eigenvalue weighted by Crippen LogP contribution is 2.26. The maximum atomic E-state index is 11.6. The van der Waals surface area contributed by atoms with Crippen LogP contribution in [0.5, 0.6) is 0 Å². The maximum Gasteiger partial charge on any atom is 0.327 e. The Morgan fingerprint density at radius 2 is 1.95 bits per heavy atom. The Labute approximate surface area is 117 Å². The van der Waals surface area contributed by atoms with E-state index in [9.17, 15) is 9.90 Å². The summed E-state index contributed by atoms with van der Waals surface area (Å²) < 4.78 is 1.79. The fraction of sp³-hybridized carbons (Fsp3) is 0.267. The summed E-state index contributed by atoms with van der Waals surface area (Å²) in [5.74, 6) is -0.845. The normalized spacial score (nSPS) is 12.4. The Hall–Kier alpha value is -1.74. The van der Waals surface area contributed by atoms with Gasteiger partial charge in [0.1, 0.15) is 6.04 Å². The molecule has 1 aromatic carbocycles. The molecule has 3 nitrogen and oxygen atoms in total. The molecule has 1 aromatic heterocycles. The molecule has 1 N–H and O–H groups in total. The van der Waals surface area contributed by atoms with Gasteiger partial charge in [-0.15, -0.1) is 0 Å². The standard InChI is InChI=1S/C15H16ClNO2/c1-10-8-13(16)11(2)17(10)14(15(18)19)9-12-6-4-3-5-7-12/h3-8,14H,9H2,1-2H3,(H,18,19). The van der Waals surface area contributed by atoms with Crippen molar-refractivity contribution in [2.45, 2.75) is 26.3 Å². The molecule has 0 aliphatic rings. The Kier molecular flexibility index (Phi) is 3.96. The molecule has 0 aliphatic heterocycles. The second-order valence-electron chi connectivity index (χ2n) is 4.63. The van der Waals surface area contributed by atoms with E-state index in [1.54, 1.807) is 10.6 Å². The molecule has 1 atom stereocenters. The Balaban J connectivity index is 2.38. The van der Waals surface area contributed by atoms with Crippen molar-refractivity contribution in [1.82, 2.24) is 4.57 Å². The molecular formula is C15H16ClNO2. The van der Waals surface area contributed by atoms with Crippen molar-refractivity contribution in [3.05, 3.63) is 58.4 Å². The molecule has 19 heavy (non-hydrogen) atoms. The fourth-order valence-electron chi connectivity index (χ4n) is 2.34. The zero-order valence-corrected chi connectivity index (χ0v) is 11.7. The van der Waals surface area contributed by atoms with Crippen molar-refractivity contribution in [3.63, 3.8) is 0 Å². The van der Waals surface area contributed by atoms with E-state index in [0.717, 1.165) is 17.0 Å². The SMILES string of the molecule is Cc1cc(Cl)c(C)n1C(Cc1ccccc1)C(=O)O. The van der Waals surface area contributed by atoms with E-state index >= 15 is 0 Å². The van der Waals surface area contributed by atoms with E-state index in [1.807, 2.05) is 44.2 Å². The molecule has 4 heteroatoms. The molecule has 0 amide bonds. The first-order chi connectivity index (χ1) is 9.00. The molecule has 0 radical (unpaired) electrons. The van der Waals surface area contributed by atoms with Gasteiger partial charge in [-0.1, -0.05) is 41.9 Å². The second-order valence-corrected chi connectivity index (χ2v) is 5.04. The largest absolute Gasteiger partial charge is 0.480 e. The average molecular weight is 278 g/mol. The van der Waals surface area contributed by atoms with Crippen molar-refractivity contribution in [2.75, 3.05) is 0 Å². The molecule has 1 heterocycles. The molecule has 0 bridgehead atoms. The number of halogens is 1. The third-order valence-electron chi connectivity index (χ3n) is 3.29. The Bertz CT molecular complexity index is 590. The highest BCUT2D eigenvalue weighted by Gasteiger charge is 2.23. The van der Waals surface area contributed by atoms with Crippen molar-refractivity contribution in [2.24, 2.45) is 0 Å². The molecule has 0 fully saturated rings. The lowest BCUT2D eigenvalue weighted by Crippen LogP contribution is -2.23. The number of rotatable bonds is 4. The molecule has 100 valence electrons. The van der Waals surface area contributed by atoms with E-state index < -0.39 is 12.0 Å². The number of carboxylic acids is 1. The minimum absolute atomic E-state index is 0.447. The summed E-state index contributed by atoms with van der Waals surface area (Å²) in [6.07, 6.45) is 0.447. The zero-order chi connectivity index (χ0) is 14.0. The van der Waals surface area contributed by atoms with Gasteiger partial charge in [-0.2, -0.15) is 0 Å². The lowest BCUT2D eigenvalue weighted by atomic mass is 10.1. The van der Waals surface area contributed by atoms with Crippen LogP contribution < -0.4 is 0 Å². The zero-order valence-electron chi connectivity index (χ0n) is 10.9. The van der Waals surface area contributed by atoms with Crippen molar-refractivity contribution in [1.29, 1.82) is 0 Å². The first-order valence-electron chi connectivity index (χ1n) is 6.11. The summed E-state index contributed by atoms with van der Waals surface area (Å²) in [5, 5.41) is 10.1. The lowest BCUT2D eigenvalue weighted by molar-refractivity contribution is -0.141. The molecular weight excluding hydrogens is 262 g/mol. The van der Waals surface area contributed by atoms with E-state index in [1.165, 1.54) is 0 Å². The third-order valence-corrected chi connectivity index (χ3v) is 3.67. The van der Waals surface area contributed by atoms with Crippen LogP contribution in [0.25, 0.3) is 0 Å². The van der Waals surface area contributed by atoms with Gasteiger partial charge in [-0.3, -0.25) is 0 Å². The van der Waals surface area contributed by atoms with Gasteiger partial charge in [0.15, 0.2) is 0 Å². The average Bonchev–Trinajstić information content (AvgIpc) is 2.62. The number of carbonyl (C=O) groups is 1. The molecule has 0 saturated carbocycles. The second kappa shape index (κ2) is 5.49. The van der Waals surface area contributed by atoms with Gasteiger partial charge < -0.3 is 9.67 Å². The van der Waals surface area contributed by atoms with Crippen LogP contribution in [0.15, 0.2) is 36.4 Å². The summed E-state index contributed by atoms with van der Waals surface area (Å²) in [5.41, 5.74) is 2.66. The smallest absolute Gasteiger partial charge is 0.327 e. The maximum absolute atomic E-state index is 11.6. The molecule has 0 aliphatic carbocycles. The van der Waals surface area contributed by atoms with Gasteiger partial charge in [-0.05, 0) is 25.5 Å². The van der Waals surface area contributed by atoms with Crippen LogP contribution in [-0.2, 0) is 11.2 Å². The van der Waals surface area contributed by atoms with Crippen molar-refractivity contribution < 1.29 is 9.90 Å².